The van der Waals surface area contributed by atoms with Crippen LogP contribution >= 0.6 is 0 Å². The number of aromatic nitrogens is 3. The molecule has 0 aliphatic carbocycles. The lowest BCUT2D eigenvalue weighted by Crippen LogP contribution is -2.09. The molecule has 0 bridgehead atoms. The molecule has 0 saturated carbocycles. The molecular formula is C17H17F3N4. The third kappa shape index (κ3) is 3.06. The highest BCUT2D eigenvalue weighted by Crippen LogP contribution is 2.29. The molecule has 126 valence electrons. The van der Waals surface area contributed by atoms with Crippen molar-refractivity contribution >= 4 is 17.0 Å². The average Bonchev–Trinajstić information content (AvgIpc) is 2.84. The van der Waals surface area contributed by atoms with Gasteiger partial charge in [-0.1, -0.05) is 12.1 Å². The van der Waals surface area contributed by atoms with Crippen molar-refractivity contribution in [3.05, 3.63) is 53.3 Å². The standard InChI is InChI=1S/C17H17F3N4/c1-10(2)24-15(22-13-7-8-14(21)23-16(13)24)9-11-3-5-12(6-4-11)17(18,19)20/h3-8,10H,9H2,1-2H3,(H2,21,23). The Morgan fingerprint density at radius 2 is 1.71 bits per heavy atom. The Hall–Kier alpha value is -2.57. The molecule has 0 fully saturated rings. The first kappa shape index (κ1) is 16.3. The van der Waals surface area contributed by atoms with E-state index in [4.69, 9.17) is 5.73 Å². The van der Waals surface area contributed by atoms with Crippen LogP contribution in [-0.4, -0.2) is 14.5 Å². The number of halogens is 3. The Labute approximate surface area is 137 Å². The van der Waals surface area contributed by atoms with Crippen LogP contribution < -0.4 is 5.73 Å². The van der Waals surface area contributed by atoms with E-state index in [-0.39, 0.29) is 6.04 Å². The van der Waals surface area contributed by atoms with Crippen LogP contribution in [0.15, 0.2) is 36.4 Å². The lowest BCUT2D eigenvalue weighted by molar-refractivity contribution is -0.137. The summed E-state index contributed by atoms with van der Waals surface area (Å²) >= 11 is 0. The number of pyridine rings is 1. The SMILES string of the molecule is CC(C)n1c(Cc2ccc(C(F)(F)F)cc2)nc2ccc(N)nc21. The fourth-order valence-electron chi connectivity index (χ4n) is 2.70. The summed E-state index contributed by atoms with van der Waals surface area (Å²) in [7, 11) is 0. The summed E-state index contributed by atoms with van der Waals surface area (Å²) in [5.74, 6) is 1.16. The van der Waals surface area contributed by atoms with Crippen LogP contribution in [0, 0.1) is 0 Å². The van der Waals surface area contributed by atoms with E-state index in [9.17, 15) is 13.2 Å². The summed E-state index contributed by atoms with van der Waals surface area (Å²) in [6.07, 6.45) is -3.91. The number of benzene rings is 1. The average molecular weight is 334 g/mol. The molecule has 0 spiro atoms. The summed E-state index contributed by atoms with van der Waals surface area (Å²) in [6.45, 7) is 4.00. The lowest BCUT2D eigenvalue weighted by atomic mass is 10.1. The van der Waals surface area contributed by atoms with E-state index in [2.05, 4.69) is 9.97 Å². The molecule has 1 aromatic carbocycles. The number of nitrogens with two attached hydrogens (primary N) is 1. The largest absolute Gasteiger partial charge is 0.416 e. The first-order valence-electron chi connectivity index (χ1n) is 7.55. The van der Waals surface area contributed by atoms with Crippen molar-refractivity contribution in [3.8, 4) is 0 Å². The second-order valence-electron chi connectivity index (χ2n) is 5.94. The molecule has 3 aromatic rings. The number of hydrogen-bond donors (Lipinski definition) is 1. The second kappa shape index (κ2) is 5.81. The monoisotopic (exact) mass is 334 g/mol. The van der Waals surface area contributed by atoms with Crippen LogP contribution in [-0.2, 0) is 12.6 Å². The molecule has 2 aromatic heterocycles. The fraction of sp³-hybridized carbons (Fsp3) is 0.294. The van der Waals surface area contributed by atoms with Gasteiger partial charge in [-0.15, -0.1) is 0 Å². The Morgan fingerprint density at radius 1 is 1.04 bits per heavy atom. The first-order chi connectivity index (χ1) is 11.3. The number of alkyl halides is 3. The molecule has 3 rings (SSSR count). The smallest absolute Gasteiger partial charge is 0.384 e. The van der Waals surface area contributed by atoms with Crippen molar-refractivity contribution in [1.82, 2.24) is 14.5 Å². The first-order valence-corrected chi connectivity index (χ1v) is 7.55. The lowest BCUT2D eigenvalue weighted by Gasteiger charge is -2.13. The normalized spacial score (nSPS) is 12.2. The van der Waals surface area contributed by atoms with Crippen LogP contribution in [0.3, 0.4) is 0 Å². The minimum atomic E-state index is -4.33. The van der Waals surface area contributed by atoms with Gasteiger partial charge in [-0.05, 0) is 43.7 Å². The molecule has 0 aliphatic heterocycles. The van der Waals surface area contributed by atoms with Gasteiger partial charge in [0.1, 0.15) is 17.2 Å². The van der Waals surface area contributed by atoms with Gasteiger partial charge in [0.05, 0.1) is 5.56 Å². The number of rotatable bonds is 3. The highest BCUT2D eigenvalue weighted by atomic mass is 19.4. The molecule has 0 amide bonds. The molecule has 24 heavy (non-hydrogen) atoms. The van der Waals surface area contributed by atoms with Crippen molar-refractivity contribution in [2.75, 3.05) is 5.73 Å². The van der Waals surface area contributed by atoms with Crippen molar-refractivity contribution in [2.45, 2.75) is 32.5 Å². The Morgan fingerprint density at radius 3 is 2.29 bits per heavy atom. The van der Waals surface area contributed by atoms with Gasteiger partial charge >= 0.3 is 6.18 Å². The summed E-state index contributed by atoms with van der Waals surface area (Å²) in [6, 6.07) is 8.73. The molecule has 4 nitrogen and oxygen atoms in total. The summed E-state index contributed by atoms with van der Waals surface area (Å²) in [5.41, 5.74) is 7.27. The van der Waals surface area contributed by atoms with Gasteiger partial charge in [0.25, 0.3) is 0 Å². The minimum Gasteiger partial charge on any atom is -0.384 e. The number of nitrogens with zero attached hydrogens (tertiary/aromatic N) is 3. The van der Waals surface area contributed by atoms with Gasteiger partial charge < -0.3 is 10.3 Å². The maximum Gasteiger partial charge on any atom is 0.416 e. The highest BCUT2D eigenvalue weighted by molar-refractivity contribution is 5.73. The van der Waals surface area contributed by atoms with E-state index >= 15 is 0 Å². The van der Waals surface area contributed by atoms with Gasteiger partial charge in [-0.3, -0.25) is 0 Å². The summed E-state index contributed by atoms with van der Waals surface area (Å²) in [5, 5.41) is 0. The van der Waals surface area contributed by atoms with Crippen molar-refractivity contribution < 1.29 is 13.2 Å². The quantitative estimate of drug-likeness (QED) is 0.781. The highest BCUT2D eigenvalue weighted by Gasteiger charge is 2.30. The van der Waals surface area contributed by atoms with Crippen LogP contribution in [0.25, 0.3) is 11.2 Å². The number of fused-ring (bicyclic) bond motifs is 1. The Kier molecular flexibility index (Phi) is 3.95. The van der Waals surface area contributed by atoms with Gasteiger partial charge in [-0.2, -0.15) is 13.2 Å². The zero-order chi connectivity index (χ0) is 17.5. The summed E-state index contributed by atoms with van der Waals surface area (Å²) < 4.78 is 39.9. The molecular weight excluding hydrogens is 317 g/mol. The predicted molar refractivity (Wildman–Crippen MR) is 86.6 cm³/mol. The van der Waals surface area contributed by atoms with Gasteiger partial charge in [0.15, 0.2) is 5.65 Å². The zero-order valence-electron chi connectivity index (χ0n) is 13.3. The number of nitrogen functional groups attached to an aromatic ring is 1. The number of hydrogen-bond acceptors (Lipinski definition) is 3. The number of imidazole rings is 1. The number of anilines is 1. The third-order valence-corrected chi connectivity index (χ3v) is 3.79. The maximum absolute atomic E-state index is 12.7. The van der Waals surface area contributed by atoms with E-state index in [1.165, 1.54) is 12.1 Å². The summed E-state index contributed by atoms with van der Waals surface area (Å²) in [4.78, 5) is 8.90. The van der Waals surface area contributed by atoms with Gasteiger partial charge in [-0.25, -0.2) is 9.97 Å². The Balaban J connectivity index is 1.99. The maximum atomic E-state index is 12.7. The van der Waals surface area contributed by atoms with Crippen molar-refractivity contribution in [1.29, 1.82) is 0 Å². The van der Waals surface area contributed by atoms with Crippen LogP contribution in [0.5, 0.6) is 0 Å². The van der Waals surface area contributed by atoms with E-state index in [0.29, 0.717) is 17.9 Å². The molecule has 7 heteroatoms. The van der Waals surface area contributed by atoms with E-state index in [1.807, 2.05) is 18.4 Å². The van der Waals surface area contributed by atoms with E-state index in [0.717, 1.165) is 29.0 Å². The van der Waals surface area contributed by atoms with E-state index < -0.39 is 11.7 Å². The van der Waals surface area contributed by atoms with Crippen molar-refractivity contribution in [2.24, 2.45) is 0 Å². The molecule has 0 saturated heterocycles. The van der Waals surface area contributed by atoms with Crippen LogP contribution in [0.4, 0.5) is 19.0 Å². The fourth-order valence-corrected chi connectivity index (χ4v) is 2.70. The minimum absolute atomic E-state index is 0.105. The zero-order valence-corrected chi connectivity index (χ0v) is 13.3. The van der Waals surface area contributed by atoms with Crippen LogP contribution in [0.1, 0.15) is 36.8 Å². The molecule has 0 radical (unpaired) electrons. The molecule has 0 aliphatic rings. The third-order valence-electron chi connectivity index (χ3n) is 3.79. The topological polar surface area (TPSA) is 56.7 Å². The second-order valence-corrected chi connectivity index (χ2v) is 5.94. The van der Waals surface area contributed by atoms with Crippen molar-refractivity contribution in [3.63, 3.8) is 0 Å². The van der Waals surface area contributed by atoms with Gasteiger partial charge in [0.2, 0.25) is 0 Å². The van der Waals surface area contributed by atoms with Gasteiger partial charge in [0, 0.05) is 12.5 Å². The Bertz CT molecular complexity index is 864. The van der Waals surface area contributed by atoms with Crippen LogP contribution in [0.2, 0.25) is 0 Å². The molecule has 0 unspecified atom stereocenters. The predicted octanol–water partition coefficient (Wildman–Crippen LogP) is 4.20. The molecule has 2 N–H and O–H groups in total. The molecule has 0 atom stereocenters. The molecule has 2 heterocycles. The van der Waals surface area contributed by atoms with E-state index in [1.54, 1.807) is 12.1 Å².